The first-order valence-corrected chi connectivity index (χ1v) is 9.14. The minimum absolute atomic E-state index is 0.110. The summed E-state index contributed by atoms with van der Waals surface area (Å²) in [7, 11) is 0. The van der Waals surface area contributed by atoms with Crippen LogP contribution >= 0.6 is 0 Å². The summed E-state index contributed by atoms with van der Waals surface area (Å²) >= 11 is 0. The highest BCUT2D eigenvalue weighted by molar-refractivity contribution is 5.93. The molecule has 2 aliphatic heterocycles. The van der Waals surface area contributed by atoms with Gasteiger partial charge in [0.25, 0.3) is 5.91 Å². The van der Waals surface area contributed by atoms with E-state index in [4.69, 9.17) is 4.74 Å². The summed E-state index contributed by atoms with van der Waals surface area (Å²) in [5, 5.41) is 2.96. The standard InChI is InChI=1S/C17H28N6O2/c1-2-21-5-7-22(8-6-21)4-3-18-16(24)15-13-19-17(20-14-15)23-9-11-25-12-10-23/h13-14H,2-12H2,1H3,(H,18,24). The molecule has 3 heterocycles. The molecular formula is C17H28N6O2. The highest BCUT2D eigenvalue weighted by atomic mass is 16.5. The van der Waals surface area contributed by atoms with Crippen molar-refractivity contribution >= 4 is 11.9 Å². The van der Waals surface area contributed by atoms with Crippen LogP contribution in [0.25, 0.3) is 0 Å². The quantitative estimate of drug-likeness (QED) is 0.755. The van der Waals surface area contributed by atoms with Gasteiger partial charge in [0.15, 0.2) is 0 Å². The maximum Gasteiger partial charge on any atom is 0.254 e. The number of ether oxygens (including phenoxy) is 1. The van der Waals surface area contributed by atoms with Crippen LogP contribution in [0.5, 0.6) is 0 Å². The van der Waals surface area contributed by atoms with Crippen LogP contribution in [0.2, 0.25) is 0 Å². The number of amides is 1. The van der Waals surface area contributed by atoms with Crippen molar-refractivity contribution in [1.82, 2.24) is 25.1 Å². The van der Waals surface area contributed by atoms with Crippen LogP contribution in [0.3, 0.4) is 0 Å². The fourth-order valence-electron chi connectivity index (χ4n) is 3.12. The highest BCUT2D eigenvalue weighted by Gasteiger charge is 2.16. The Kier molecular flexibility index (Phi) is 6.55. The van der Waals surface area contributed by atoms with Crippen molar-refractivity contribution in [3.8, 4) is 0 Å². The van der Waals surface area contributed by atoms with Gasteiger partial charge in [0.05, 0.1) is 18.8 Å². The van der Waals surface area contributed by atoms with E-state index in [0.29, 0.717) is 31.3 Å². The molecule has 0 spiro atoms. The van der Waals surface area contributed by atoms with E-state index < -0.39 is 0 Å². The zero-order chi connectivity index (χ0) is 17.5. The Bertz CT molecular complexity index is 539. The number of anilines is 1. The van der Waals surface area contributed by atoms with Crippen molar-refractivity contribution in [3.05, 3.63) is 18.0 Å². The van der Waals surface area contributed by atoms with Gasteiger partial charge in [-0.3, -0.25) is 9.69 Å². The second-order valence-corrected chi connectivity index (χ2v) is 6.40. The number of nitrogens with one attached hydrogen (secondary N) is 1. The maximum atomic E-state index is 12.2. The number of hydrogen-bond acceptors (Lipinski definition) is 7. The topological polar surface area (TPSA) is 73.8 Å². The predicted octanol–water partition coefficient (Wildman–Crippen LogP) is -0.319. The number of carbonyl (C=O) groups excluding carboxylic acids is 1. The van der Waals surface area contributed by atoms with Gasteiger partial charge in [-0.2, -0.15) is 0 Å². The maximum absolute atomic E-state index is 12.2. The summed E-state index contributed by atoms with van der Waals surface area (Å²) in [6, 6.07) is 0. The van der Waals surface area contributed by atoms with Crippen LogP contribution in [-0.2, 0) is 4.74 Å². The second-order valence-electron chi connectivity index (χ2n) is 6.40. The molecule has 0 unspecified atom stereocenters. The van der Waals surface area contributed by atoms with Gasteiger partial charge in [0.2, 0.25) is 5.95 Å². The van der Waals surface area contributed by atoms with Crippen LogP contribution in [0.1, 0.15) is 17.3 Å². The highest BCUT2D eigenvalue weighted by Crippen LogP contribution is 2.09. The first-order chi connectivity index (χ1) is 12.3. The smallest absolute Gasteiger partial charge is 0.254 e. The van der Waals surface area contributed by atoms with Gasteiger partial charge >= 0.3 is 0 Å². The van der Waals surface area contributed by atoms with Crippen LogP contribution in [-0.4, -0.2) is 97.8 Å². The summed E-state index contributed by atoms with van der Waals surface area (Å²) in [6.45, 7) is 12.2. The largest absolute Gasteiger partial charge is 0.378 e. The molecule has 1 amide bonds. The van der Waals surface area contributed by atoms with Crippen molar-refractivity contribution in [2.45, 2.75) is 6.92 Å². The number of morpholine rings is 1. The van der Waals surface area contributed by atoms with Gasteiger partial charge in [-0.25, -0.2) is 9.97 Å². The number of aromatic nitrogens is 2. The molecule has 1 aromatic rings. The lowest BCUT2D eigenvalue weighted by Crippen LogP contribution is -2.48. The fraction of sp³-hybridized carbons (Fsp3) is 0.706. The van der Waals surface area contributed by atoms with Crippen molar-refractivity contribution < 1.29 is 9.53 Å². The van der Waals surface area contributed by atoms with E-state index in [1.165, 1.54) is 0 Å². The van der Waals surface area contributed by atoms with E-state index in [1.807, 2.05) is 0 Å². The molecule has 0 aromatic carbocycles. The minimum Gasteiger partial charge on any atom is -0.378 e. The van der Waals surface area contributed by atoms with Crippen LogP contribution in [0, 0.1) is 0 Å². The first kappa shape index (κ1) is 18.0. The zero-order valence-corrected chi connectivity index (χ0v) is 15.0. The summed E-state index contributed by atoms with van der Waals surface area (Å²) in [6.07, 6.45) is 3.21. The Hall–Kier alpha value is -1.77. The van der Waals surface area contributed by atoms with Gasteiger partial charge < -0.3 is 19.9 Å². The molecule has 1 aromatic heterocycles. The van der Waals surface area contributed by atoms with Crippen LogP contribution in [0.15, 0.2) is 12.4 Å². The molecule has 25 heavy (non-hydrogen) atoms. The minimum atomic E-state index is -0.110. The first-order valence-electron chi connectivity index (χ1n) is 9.14. The Balaban J connectivity index is 1.40. The number of carbonyl (C=O) groups is 1. The average Bonchev–Trinajstić information content (AvgIpc) is 2.69. The lowest BCUT2D eigenvalue weighted by Gasteiger charge is -2.33. The predicted molar refractivity (Wildman–Crippen MR) is 96.0 cm³/mol. The number of nitrogens with zero attached hydrogens (tertiary/aromatic N) is 5. The molecule has 2 saturated heterocycles. The fourth-order valence-corrected chi connectivity index (χ4v) is 3.12. The number of piperazine rings is 1. The third-order valence-electron chi connectivity index (χ3n) is 4.82. The molecule has 0 bridgehead atoms. The molecule has 8 nitrogen and oxygen atoms in total. The Morgan fingerprint density at radius 2 is 1.72 bits per heavy atom. The normalized spacial score (nSPS) is 19.8. The Labute approximate surface area is 149 Å². The Morgan fingerprint density at radius 3 is 2.36 bits per heavy atom. The van der Waals surface area contributed by atoms with Gasteiger partial charge in [-0.1, -0.05) is 6.92 Å². The molecule has 138 valence electrons. The molecule has 0 radical (unpaired) electrons. The van der Waals surface area contributed by atoms with Crippen LogP contribution < -0.4 is 10.2 Å². The number of hydrogen-bond donors (Lipinski definition) is 1. The molecule has 0 saturated carbocycles. The van der Waals surface area contributed by atoms with Gasteiger partial charge in [-0.05, 0) is 6.54 Å². The monoisotopic (exact) mass is 348 g/mol. The van der Waals surface area contributed by atoms with E-state index in [2.05, 4.69) is 36.9 Å². The summed E-state index contributed by atoms with van der Waals surface area (Å²) in [5.74, 6) is 0.550. The molecule has 0 atom stereocenters. The molecule has 3 rings (SSSR count). The van der Waals surface area contributed by atoms with Gasteiger partial charge in [-0.15, -0.1) is 0 Å². The summed E-state index contributed by atoms with van der Waals surface area (Å²) in [4.78, 5) is 27.8. The molecule has 8 heteroatoms. The van der Waals surface area contributed by atoms with Crippen molar-refractivity contribution in [3.63, 3.8) is 0 Å². The van der Waals surface area contributed by atoms with Gasteiger partial charge in [0.1, 0.15) is 0 Å². The molecular weight excluding hydrogens is 320 g/mol. The van der Waals surface area contributed by atoms with Gasteiger partial charge in [0, 0.05) is 64.8 Å². The van der Waals surface area contributed by atoms with Crippen molar-refractivity contribution in [1.29, 1.82) is 0 Å². The van der Waals surface area contributed by atoms with E-state index in [-0.39, 0.29) is 5.91 Å². The molecule has 2 aliphatic rings. The SMILES string of the molecule is CCN1CCN(CCNC(=O)c2cnc(N3CCOCC3)nc2)CC1. The Morgan fingerprint density at radius 1 is 1.08 bits per heavy atom. The molecule has 0 aliphatic carbocycles. The van der Waals surface area contributed by atoms with E-state index in [9.17, 15) is 4.79 Å². The summed E-state index contributed by atoms with van der Waals surface area (Å²) in [5.41, 5.74) is 0.507. The van der Waals surface area contributed by atoms with Crippen LogP contribution in [0.4, 0.5) is 5.95 Å². The summed E-state index contributed by atoms with van der Waals surface area (Å²) < 4.78 is 5.32. The molecule has 1 N–H and O–H groups in total. The number of likely N-dealkylation sites (N-methyl/N-ethyl adjacent to an activating group) is 1. The number of rotatable bonds is 6. The average molecular weight is 348 g/mol. The third kappa shape index (κ3) is 5.10. The van der Waals surface area contributed by atoms with E-state index in [1.54, 1.807) is 12.4 Å². The zero-order valence-electron chi connectivity index (χ0n) is 15.0. The molecule has 2 fully saturated rings. The van der Waals surface area contributed by atoms with Crippen molar-refractivity contribution in [2.75, 3.05) is 77.0 Å². The van der Waals surface area contributed by atoms with Crippen molar-refractivity contribution in [2.24, 2.45) is 0 Å². The lowest BCUT2D eigenvalue weighted by molar-refractivity contribution is 0.0937. The second kappa shape index (κ2) is 9.07. The van der Waals surface area contributed by atoms with E-state index in [0.717, 1.165) is 52.4 Å². The lowest BCUT2D eigenvalue weighted by atomic mass is 10.3. The third-order valence-corrected chi connectivity index (χ3v) is 4.82. The van der Waals surface area contributed by atoms with E-state index >= 15 is 0 Å².